The molecule has 0 radical (unpaired) electrons. The number of nitro groups is 1. The first-order chi connectivity index (χ1) is 18.2. The quantitative estimate of drug-likeness (QED) is 0.138. The maximum atomic E-state index is 13.6. The summed E-state index contributed by atoms with van der Waals surface area (Å²) >= 11 is 0. The first-order valence-electron chi connectivity index (χ1n) is 11.8. The highest BCUT2D eigenvalue weighted by Crippen LogP contribution is 2.34. The van der Waals surface area contributed by atoms with Gasteiger partial charge in [0.25, 0.3) is 5.56 Å². The van der Waals surface area contributed by atoms with E-state index in [9.17, 15) is 14.9 Å². The van der Waals surface area contributed by atoms with Crippen molar-refractivity contribution in [2.45, 2.75) is 26.7 Å². The molecule has 9 nitrogen and oxygen atoms in total. The molecule has 0 amide bonds. The lowest BCUT2D eigenvalue weighted by Crippen LogP contribution is -2.20. The monoisotopic (exact) mass is 510 g/mol. The van der Waals surface area contributed by atoms with Gasteiger partial charge in [0, 0.05) is 17.2 Å². The second-order valence-electron chi connectivity index (χ2n) is 8.85. The fraction of sp³-hybridized carbons (Fsp3) is 0.207. The Balaban J connectivity index is 1.92. The summed E-state index contributed by atoms with van der Waals surface area (Å²) in [6, 6.07) is 15.3. The van der Waals surface area contributed by atoms with Crippen molar-refractivity contribution in [3.8, 4) is 35.2 Å². The molecule has 0 saturated heterocycles. The highest BCUT2D eigenvalue weighted by molar-refractivity contribution is 5.83. The van der Waals surface area contributed by atoms with Gasteiger partial charge < -0.3 is 9.47 Å². The fourth-order valence-corrected chi connectivity index (χ4v) is 4.10. The van der Waals surface area contributed by atoms with Crippen molar-refractivity contribution in [1.29, 1.82) is 0 Å². The zero-order valence-corrected chi connectivity index (χ0v) is 21.5. The number of aromatic nitrogens is 2. The number of aryl methyl sites for hydroxylation is 1. The maximum Gasteiger partial charge on any atom is 0.311 e. The van der Waals surface area contributed by atoms with E-state index in [0.717, 1.165) is 22.4 Å². The van der Waals surface area contributed by atoms with E-state index in [4.69, 9.17) is 20.9 Å². The van der Waals surface area contributed by atoms with Gasteiger partial charge in [0.2, 0.25) is 0 Å². The van der Waals surface area contributed by atoms with Crippen LogP contribution in [-0.4, -0.2) is 34.5 Å². The Hall–Kier alpha value is -4.97. The van der Waals surface area contributed by atoms with Crippen LogP contribution in [0.25, 0.3) is 22.3 Å². The molecule has 0 N–H and O–H groups in total. The zero-order valence-electron chi connectivity index (χ0n) is 21.5. The van der Waals surface area contributed by atoms with Gasteiger partial charge in [0.1, 0.15) is 12.4 Å². The van der Waals surface area contributed by atoms with Crippen LogP contribution in [0, 0.1) is 29.4 Å². The molecule has 4 rings (SSSR count). The molecule has 0 bridgehead atoms. The van der Waals surface area contributed by atoms with Gasteiger partial charge >= 0.3 is 5.69 Å². The third kappa shape index (κ3) is 5.11. The van der Waals surface area contributed by atoms with Crippen LogP contribution in [0.2, 0.25) is 0 Å². The fourth-order valence-electron chi connectivity index (χ4n) is 4.10. The summed E-state index contributed by atoms with van der Waals surface area (Å²) in [5.41, 5.74) is 2.83. The van der Waals surface area contributed by atoms with Gasteiger partial charge in [-0.05, 0) is 60.4 Å². The number of hydrogen-bond donors (Lipinski definition) is 0. The van der Waals surface area contributed by atoms with Crippen LogP contribution in [0.15, 0.2) is 64.5 Å². The van der Waals surface area contributed by atoms with Crippen LogP contribution < -0.4 is 15.0 Å². The molecule has 4 aromatic rings. The summed E-state index contributed by atoms with van der Waals surface area (Å²) in [5.74, 6) is 3.58. The number of methoxy groups -OCH3 is 1. The summed E-state index contributed by atoms with van der Waals surface area (Å²) < 4.78 is 12.1. The van der Waals surface area contributed by atoms with E-state index in [2.05, 4.69) is 24.9 Å². The number of terminal acetylenes is 1. The lowest BCUT2D eigenvalue weighted by molar-refractivity contribution is -0.385. The molecule has 0 aliphatic carbocycles. The largest absolute Gasteiger partial charge is 0.496 e. The van der Waals surface area contributed by atoms with Gasteiger partial charge in [0.05, 0.1) is 29.2 Å². The average molecular weight is 511 g/mol. The molecule has 192 valence electrons. The molecule has 0 unspecified atom stereocenters. The number of ether oxygens (including phenoxy) is 2. The highest BCUT2D eigenvalue weighted by atomic mass is 16.6. The van der Waals surface area contributed by atoms with E-state index in [1.165, 1.54) is 23.0 Å². The van der Waals surface area contributed by atoms with Gasteiger partial charge in [-0.25, -0.2) is 4.98 Å². The number of nitrogens with zero attached hydrogens (tertiary/aromatic N) is 4. The minimum atomic E-state index is -0.563. The maximum absolute atomic E-state index is 13.6. The van der Waals surface area contributed by atoms with Gasteiger partial charge in [-0.2, -0.15) is 9.78 Å². The summed E-state index contributed by atoms with van der Waals surface area (Å²) in [6.07, 6.45) is 6.58. The molecule has 9 heteroatoms. The first-order valence-corrected chi connectivity index (χ1v) is 11.8. The normalized spacial score (nSPS) is 11.2. The van der Waals surface area contributed by atoms with Crippen LogP contribution in [-0.2, 0) is 0 Å². The summed E-state index contributed by atoms with van der Waals surface area (Å²) in [4.78, 5) is 29.4. The van der Waals surface area contributed by atoms with Crippen molar-refractivity contribution in [2.75, 3.05) is 13.7 Å². The molecule has 3 aromatic carbocycles. The third-order valence-electron chi connectivity index (χ3n) is 6.01. The van der Waals surface area contributed by atoms with E-state index in [1.807, 2.05) is 25.1 Å². The second-order valence-corrected chi connectivity index (χ2v) is 8.85. The van der Waals surface area contributed by atoms with Crippen molar-refractivity contribution in [2.24, 2.45) is 5.10 Å². The van der Waals surface area contributed by atoms with E-state index in [-0.39, 0.29) is 29.5 Å². The predicted octanol–water partition coefficient (Wildman–Crippen LogP) is 5.31. The molecule has 0 saturated carbocycles. The molecular formula is C29H26N4O5. The van der Waals surface area contributed by atoms with Gasteiger partial charge in [0.15, 0.2) is 11.6 Å². The number of fused-ring (bicyclic) bond motifs is 1. The number of para-hydroxylation sites is 1. The van der Waals surface area contributed by atoms with Crippen LogP contribution in [0.5, 0.6) is 11.5 Å². The van der Waals surface area contributed by atoms with Gasteiger partial charge in [-0.1, -0.05) is 31.9 Å². The van der Waals surface area contributed by atoms with E-state index < -0.39 is 4.92 Å². The van der Waals surface area contributed by atoms with Crippen molar-refractivity contribution < 1.29 is 14.4 Å². The highest BCUT2D eigenvalue weighted by Gasteiger charge is 2.19. The van der Waals surface area contributed by atoms with E-state index in [0.29, 0.717) is 22.3 Å². The Morgan fingerprint density at radius 2 is 1.95 bits per heavy atom. The molecule has 1 heterocycles. The minimum Gasteiger partial charge on any atom is -0.496 e. The molecule has 38 heavy (non-hydrogen) atoms. The standard InChI is InChI=1S/C29H26N4O5/c1-6-13-38-26-12-11-20(15-25(26)33(35)36)17-30-32-28(31-24-10-8-7-9-21(24)29(32)34)23-16-22(18(2)3)27(37-5)14-19(23)4/h1,7-12,14-18H,13H2,2-5H3. The van der Waals surface area contributed by atoms with Crippen molar-refractivity contribution in [1.82, 2.24) is 9.66 Å². The Morgan fingerprint density at radius 1 is 1.18 bits per heavy atom. The average Bonchev–Trinajstić information content (AvgIpc) is 2.91. The topological polar surface area (TPSA) is 109 Å². The molecule has 0 atom stereocenters. The SMILES string of the molecule is C#CCOc1ccc(C=Nn2c(-c3cc(C(C)C)c(OC)cc3C)nc3ccccc3c2=O)cc1[N+](=O)[O-]. The van der Waals surface area contributed by atoms with Crippen LogP contribution in [0.4, 0.5) is 5.69 Å². The smallest absolute Gasteiger partial charge is 0.311 e. The molecule has 0 aliphatic rings. The Kier molecular flexibility index (Phi) is 7.53. The molecule has 1 aromatic heterocycles. The van der Waals surface area contributed by atoms with Crippen LogP contribution in [0.3, 0.4) is 0 Å². The van der Waals surface area contributed by atoms with Gasteiger partial charge in [-0.3, -0.25) is 14.9 Å². The third-order valence-corrected chi connectivity index (χ3v) is 6.01. The van der Waals surface area contributed by atoms with Crippen LogP contribution >= 0.6 is 0 Å². The zero-order chi connectivity index (χ0) is 27.4. The van der Waals surface area contributed by atoms with Gasteiger partial charge in [-0.15, -0.1) is 6.42 Å². The lowest BCUT2D eigenvalue weighted by Gasteiger charge is -2.17. The van der Waals surface area contributed by atoms with Crippen molar-refractivity contribution in [3.05, 3.63) is 91.8 Å². The van der Waals surface area contributed by atoms with E-state index in [1.54, 1.807) is 31.4 Å². The Labute approximate surface area is 219 Å². The summed E-state index contributed by atoms with van der Waals surface area (Å²) in [7, 11) is 1.62. The minimum absolute atomic E-state index is 0.0467. The Bertz CT molecular complexity index is 1660. The number of nitro benzene ring substituents is 1. The second kappa shape index (κ2) is 11.0. The summed E-state index contributed by atoms with van der Waals surface area (Å²) in [5, 5.41) is 16.4. The number of benzene rings is 3. The molecule has 0 spiro atoms. The number of rotatable bonds is 8. The lowest BCUT2D eigenvalue weighted by atomic mass is 9.96. The molecular weight excluding hydrogens is 484 g/mol. The van der Waals surface area contributed by atoms with Crippen molar-refractivity contribution >= 4 is 22.8 Å². The molecule has 0 aliphatic heterocycles. The van der Waals surface area contributed by atoms with E-state index >= 15 is 0 Å². The van der Waals surface area contributed by atoms with Crippen molar-refractivity contribution in [3.63, 3.8) is 0 Å². The summed E-state index contributed by atoms with van der Waals surface area (Å²) in [6.45, 7) is 5.92. The van der Waals surface area contributed by atoms with Crippen LogP contribution in [0.1, 0.15) is 36.5 Å². The first kappa shape index (κ1) is 26.1. The Morgan fingerprint density at radius 3 is 2.63 bits per heavy atom. The molecule has 0 fully saturated rings. The number of hydrogen-bond acceptors (Lipinski definition) is 7. The predicted molar refractivity (Wildman–Crippen MR) is 147 cm³/mol.